The van der Waals surface area contributed by atoms with E-state index < -0.39 is 162 Å². The minimum Gasteiger partial charge on any atom is -0.480 e. The van der Waals surface area contributed by atoms with E-state index in [0.717, 1.165) is 9.80 Å². The summed E-state index contributed by atoms with van der Waals surface area (Å²) in [6, 6.07) is -12.7. The molecule has 1 unspecified atom stereocenters. The molecule has 1 fully saturated rings. The highest BCUT2D eigenvalue weighted by Gasteiger charge is 2.46. The number of nitrogens with zero attached hydrogens (tertiary/aromatic N) is 7. The van der Waals surface area contributed by atoms with Crippen LogP contribution in [-0.4, -0.2) is 251 Å². The molecule has 1 saturated heterocycles. The number of nitrogens with one attached hydrogen (secondary N) is 5. The monoisotopic (exact) mass is 1260 g/mol. The Kier molecular flexibility index (Phi) is 33.5. The summed E-state index contributed by atoms with van der Waals surface area (Å²) in [5, 5.41) is 35.1. The highest BCUT2D eigenvalue weighted by atomic mass is 16.4. The summed E-state index contributed by atoms with van der Waals surface area (Å²) in [6.07, 6.45) is -0.483. The maximum absolute atomic E-state index is 15.2. The van der Waals surface area contributed by atoms with Gasteiger partial charge in [-0.3, -0.25) is 57.5 Å². The minimum atomic E-state index is -1.70. The van der Waals surface area contributed by atoms with Crippen LogP contribution in [0.5, 0.6) is 0 Å². The van der Waals surface area contributed by atoms with Crippen LogP contribution in [0.3, 0.4) is 0 Å². The Morgan fingerprint density at radius 1 is 0.494 bits per heavy atom. The number of aliphatic carboxylic acids is 1. The van der Waals surface area contributed by atoms with Gasteiger partial charge in [-0.2, -0.15) is 0 Å². The molecule has 0 bridgehead atoms. The van der Waals surface area contributed by atoms with Gasteiger partial charge >= 0.3 is 5.97 Å². The average Bonchev–Trinajstić information content (AvgIpc) is 0.957. The van der Waals surface area contributed by atoms with Crippen LogP contribution in [0.1, 0.15) is 156 Å². The molecule has 0 aliphatic carbocycles. The normalized spacial score (nSPS) is 26.1. The third kappa shape index (κ3) is 23.7. The van der Waals surface area contributed by atoms with Crippen molar-refractivity contribution >= 4 is 70.9 Å². The van der Waals surface area contributed by atoms with Gasteiger partial charge in [-0.25, -0.2) is 0 Å². The van der Waals surface area contributed by atoms with Crippen LogP contribution in [0.15, 0.2) is 0 Å². The summed E-state index contributed by atoms with van der Waals surface area (Å²) < 4.78 is 0. The molecule has 1 rings (SSSR count). The first-order chi connectivity index (χ1) is 41.1. The fourth-order valence-electron chi connectivity index (χ4n) is 11.1. The summed E-state index contributed by atoms with van der Waals surface area (Å²) in [4.78, 5) is 180. The smallest absolute Gasteiger partial charge is 0.317 e. The lowest BCUT2D eigenvalue weighted by Crippen LogP contribution is -2.63. The van der Waals surface area contributed by atoms with Gasteiger partial charge in [-0.15, -0.1) is 0 Å². The van der Waals surface area contributed by atoms with Gasteiger partial charge in [0, 0.05) is 49.3 Å². The molecule has 1 aliphatic heterocycles. The molecule has 0 spiro atoms. The van der Waals surface area contributed by atoms with Crippen LogP contribution in [-0.2, 0) is 57.5 Å². The van der Waals surface area contributed by atoms with Crippen molar-refractivity contribution < 1.29 is 67.7 Å². The Morgan fingerprint density at radius 2 is 0.921 bits per heavy atom. The van der Waals surface area contributed by atoms with Crippen molar-refractivity contribution in [1.29, 1.82) is 0 Å². The van der Waals surface area contributed by atoms with E-state index in [1.807, 2.05) is 55.4 Å². The average molecular weight is 1260 g/mol. The van der Waals surface area contributed by atoms with Crippen LogP contribution >= 0.6 is 0 Å². The fraction of sp³-hybridized carbons (Fsp3) is 0.810. The molecule has 89 heavy (non-hydrogen) atoms. The van der Waals surface area contributed by atoms with Crippen LogP contribution in [0.25, 0.3) is 0 Å². The summed E-state index contributed by atoms with van der Waals surface area (Å²) in [5.74, 6) is -11.4. The SMILES string of the molecule is CC[C@H]1NC(=O)C([C@@H](O)[C@@H](C)CCCNCC(=O)O)N(C)C(=O)[C@@H](C(C)C)N(C)C(=O)[C@@H](CC(C)C)N(C)C(=O)[C@@H](CC(C)C)N(C)C(=O)[C@@H](C)NC(=O)[C@@H](C)NC(=O)[C@@H](CC(C)C)N(C)C(=O)[C@@H](C(C)C)NC(=O)[C@@H](CC(C)C)N(C)C(=O)CN(C)C1=O. The molecule has 12 atom stereocenters. The fourth-order valence-corrected chi connectivity index (χ4v) is 11.1. The molecule has 1 aliphatic rings. The largest absolute Gasteiger partial charge is 0.480 e. The van der Waals surface area contributed by atoms with E-state index in [1.54, 1.807) is 41.5 Å². The summed E-state index contributed by atoms with van der Waals surface area (Å²) in [7, 11) is 9.75. The standard InChI is InChI=1S/C63H114N12O14/c1-24-43-59(85)69(17)33-48(76)70(18)44(28-34(2)3)56(82)68-50(38(10)11)62(88)71(19)45(29-35(4)5)55(81)65-41(15)54(80)66-42(16)58(84)72(20)46(30-36(6)7)60(86)73(21)47(31-37(8)9)61(87)74(22)51(39(12)13)63(89)75(23)52(57(83)67-43)53(79)40(14)26-25-27-64-32-49(77)78/h34-47,50-53,64,79H,24-33H2,1-23H3,(H,65,81)(H,66,80)(H,67,83)(H,68,82)(H,77,78)/t40-,41+,42+,43+,44+,45+,46+,47+,50+,51+,52?,53-/m0/s1. The number of likely N-dealkylation sites (N-methyl/N-ethyl adjacent to an activating group) is 7. The molecule has 0 aromatic heterocycles. The molecule has 510 valence electrons. The van der Waals surface area contributed by atoms with Crippen molar-refractivity contribution in [2.75, 3.05) is 69.0 Å². The number of carbonyl (C=O) groups excluding carboxylic acids is 11. The van der Waals surface area contributed by atoms with E-state index in [0.29, 0.717) is 6.42 Å². The number of hydrogen-bond donors (Lipinski definition) is 7. The molecule has 26 heteroatoms. The van der Waals surface area contributed by atoms with Gasteiger partial charge in [0.25, 0.3) is 0 Å². The van der Waals surface area contributed by atoms with Crippen molar-refractivity contribution in [3.05, 3.63) is 0 Å². The van der Waals surface area contributed by atoms with Gasteiger partial charge in [-0.1, -0.05) is 96.9 Å². The number of carboxylic acids is 1. The Bertz CT molecular complexity index is 2420. The van der Waals surface area contributed by atoms with Gasteiger partial charge in [0.15, 0.2) is 0 Å². The molecular formula is C63H114N12O14. The zero-order chi connectivity index (χ0) is 69.0. The predicted molar refractivity (Wildman–Crippen MR) is 339 cm³/mol. The quantitative estimate of drug-likeness (QED) is 0.0907. The first kappa shape index (κ1) is 80.6. The van der Waals surface area contributed by atoms with Gasteiger partial charge in [0.1, 0.15) is 60.4 Å². The Labute approximate surface area is 530 Å². The van der Waals surface area contributed by atoms with Crippen molar-refractivity contribution in [2.45, 2.75) is 222 Å². The molecule has 0 radical (unpaired) electrons. The second-order valence-electron chi connectivity index (χ2n) is 27.0. The Morgan fingerprint density at radius 3 is 1.38 bits per heavy atom. The van der Waals surface area contributed by atoms with E-state index in [1.165, 1.54) is 87.7 Å². The molecule has 26 nitrogen and oxygen atoms in total. The molecule has 0 aromatic carbocycles. The van der Waals surface area contributed by atoms with Crippen molar-refractivity contribution in [1.82, 2.24) is 60.9 Å². The molecule has 0 aromatic rings. The Balaban J connectivity index is 4.33. The zero-order valence-corrected chi connectivity index (χ0v) is 57.9. The lowest BCUT2D eigenvalue weighted by Gasteiger charge is -2.41. The lowest BCUT2D eigenvalue weighted by atomic mass is 9.90. The van der Waals surface area contributed by atoms with Gasteiger partial charge in [0.05, 0.1) is 19.2 Å². The number of rotatable bonds is 19. The number of carboxylic acid groups (broad SMARTS) is 1. The molecule has 0 saturated carbocycles. The van der Waals surface area contributed by atoms with Crippen molar-refractivity contribution in [3.63, 3.8) is 0 Å². The summed E-state index contributed by atoms with van der Waals surface area (Å²) in [6.45, 7) is 27.1. The van der Waals surface area contributed by atoms with Crippen molar-refractivity contribution in [2.24, 2.45) is 41.4 Å². The zero-order valence-electron chi connectivity index (χ0n) is 57.9. The second-order valence-corrected chi connectivity index (χ2v) is 27.0. The molecular weight excluding hydrogens is 1150 g/mol. The summed E-state index contributed by atoms with van der Waals surface area (Å²) >= 11 is 0. The van der Waals surface area contributed by atoms with E-state index >= 15 is 9.59 Å². The number of amides is 11. The Hall–Kier alpha value is -6.44. The lowest BCUT2D eigenvalue weighted by molar-refractivity contribution is -0.157. The van der Waals surface area contributed by atoms with E-state index in [2.05, 4.69) is 26.6 Å². The highest BCUT2D eigenvalue weighted by molar-refractivity contribution is 5.99. The van der Waals surface area contributed by atoms with Crippen LogP contribution in [0, 0.1) is 41.4 Å². The maximum Gasteiger partial charge on any atom is 0.317 e. The number of carbonyl (C=O) groups is 12. The third-order valence-electron chi connectivity index (χ3n) is 16.6. The molecule has 1 heterocycles. The van der Waals surface area contributed by atoms with Crippen LogP contribution in [0.4, 0.5) is 0 Å². The van der Waals surface area contributed by atoms with Gasteiger partial charge < -0.3 is 71.1 Å². The van der Waals surface area contributed by atoms with Crippen LogP contribution < -0.4 is 26.6 Å². The topological polar surface area (TPSA) is 328 Å². The molecule has 7 N–H and O–H groups in total. The first-order valence-electron chi connectivity index (χ1n) is 31.7. The first-order valence-corrected chi connectivity index (χ1v) is 31.7. The number of hydrogen-bond acceptors (Lipinski definition) is 14. The second kappa shape index (κ2) is 37.0. The highest BCUT2D eigenvalue weighted by Crippen LogP contribution is 2.26. The van der Waals surface area contributed by atoms with E-state index in [9.17, 15) is 53.1 Å². The van der Waals surface area contributed by atoms with E-state index in [-0.39, 0.29) is 75.3 Å². The molecule has 11 amide bonds. The number of aliphatic hydroxyl groups excluding tert-OH is 1. The maximum atomic E-state index is 15.2. The number of aliphatic hydroxyl groups is 1. The van der Waals surface area contributed by atoms with Crippen LogP contribution in [0.2, 0.25) is 0 Å². The minimum absolute atomic E-state index is 0.0221. The van der Waals surface area contributed by atoms with Gasteiger partial charge in [0.2, 0.25) is 65.0 Å². The third-order valence-corrected chi connectivity index (χ3v) is 16.6. The summed E-state index contributed by atoms with van der Waals surface area (Å²) in [5.41, 5.74) is 0. The van der Waals surface area contributed by atoms with Crippen molar-refractivity contribution in [3.8, 4) is 0 Å². The van der Waals surface area contributed by atoms with E-state index in [4.69, 9.17) is 5.11 Å². The predicted octanol–water partition coefficient (Wildman–Crippen LogP) is 1.76. The van der Waals surface area contributed by atoms with Gasteiger partial charge in [-0.05, 0) is 107 Å².